The smallest absolute Gasteiger partial charge is 0.182 e. The molecule has 2 rings (SSSR count). The van der Waals surface area contributed by atoms with E-state index in [2.05, 4.69) is 5.32 Å². The molecule has 1 aliphatic rings. The van der Waals surface area contributed by atoms with Crippen LogP contribution in [-0.4, -0.2) is 17.9 Å². The first-order valence-electron chi connectivity index (χ1n) is 5.67. The minimum atomic E-state index is -0.476. The van der Waals surface area contributed by atoms with Gasteiger partial charge in [-0.15, -0.1) is 0 Å². The predicted molar refractivity (Wildman–Crippen MR) is 61.0 cm³/mol. The molecule has 0 spiro atoms. The molecule has 16 heavy (non-hydrogen) atoms. The molecule has 1 unspecified atom stereocenters. The fourth-order valence-electron chi connectivity index (χ4n) is 2.17. The molecule has 0 bridgehead atoms. The monoisotopic (exact) mass is 221 g/mol. The number of nitrogens with one attached hydrogen (secondary N) is 1. The van der Waals surface area contributed by atoms with Gasteiger partial charge in [0.1, 0.15) is 5.82 Å². The van der Waals surface area contributed by atoms with Crippen LogP contribution in [0.25, 0.3) is 0 Å². The van der Waals surface area contributed by atoms with Gasteiger partial charge in [-0.2, -0.15) is 0 Å². The van der Waals surface area contributed by atoms with Gasteiger partial charge in [-0.05, 0) is 57.0 Å². The van der Waals surface area contributed by atoms with Crippen LogP contribution in [0, 0.1) is 5.82 Å². The second-order valence-electron chi connectivity index (χ2n) is 4.55. The molecule has 1 aromatic carbocycles. The molecule has 0 saturated carbocycles. The zero-order valence-electron chi connectivity index (χ0n) is 9.42. The number of ketones is 1. The van der Waals surface area contributed by atoms with Crippen LogP contribution in [-0.2, 0) is 0 Å². The van der Waals surface area contributed by atoms with Crippen LogP contribution >= 0.6 is 0 Å². The number of hydrogen-bond acceptors (Lipinski definition) is 2. The van der Waals surface area contributed by atoms with E-state index in [-0.39, 0.29) is 11.6 Å². The molecular weight excluding hydrogens is 205 g/mol. The SMILES string of the molecule is CC1(C(=O)c2ccc(F)cc2)CCCCN1. The van der Waals surface area contributed by atoms with Crippen LogP contribution in [0.4, 0.5) is 4.39 Å². The Bertz CT molecular complexity index is 379. The van der Waals surface area contributed by atoms with Crippen molar-refractivity contribution in [1.29, 1.82) is 0 Å². The van der Waals surface area contributed by atoms with Crippen molar-refractivity contribution in [1.82, 2.24) is 5.32 Å². The van der Waals surface area contributed by atoms with Crippen molar-refractivity contribution in [2.75, 3.05) is 6.54 Å². The Labute approximate surface area is 94.9 Å². The summed E-state index contributed by atoms with van der Waals surface area (Å²) < 4.78 is 12.8. The Kier molecular flexibility index (Phi) is 3.06. The van der Waals surface area contributed by atoms with Gasteiger partial charge in [-0.25, -0.2) is 4.39 Å². The second-order valence-corrected chi connectivity index (χ2v) is 4.55. The Morgan fingerprint density at radius 3 is 2.56 bits per heavy atom. The summed E-state index contributed by atoms with van der Waals surface area (Å²) in [5.41, 5.74) is 0.106. The molecule has 1 N–H and O–H groups in total. The summed E-state index contributed by atoms with van der Waals surface area (Å²) >= 11 is 0. The van der Waals surface area contributed by atoms with Crippen LogP contribution in [0.5, 0.6) is 0 Å². The minimum absolute atomic E-state index is 0.0622. The van der Waals surface area contributed by atoms with Gasteiger partial charge >= 0.3 is 0 Å². The van der Waals surface area contributed by atoms with E-state index in [0.717, 1.165) is 25.8 Å². The van der Waals surface area contributed by atoms with Crippen molar-refractivity contribution >= 4 is 5.78 Å². The normalized spacial score (nSPS) is 25.4. The summed E-state index contributed by atoms with van der Waals surface area (Å²) in [5, 5.41) is 3.27. The fraction of sp³-hybridized carbons (Fsp3) is 0.462. The second kappa shape index (κ2) is 4.34. The van der Waals surface area contributed by atoms with Crippen molar-refractivity contribution < 1.29 is 9.18 Å². The van der Waals surface area contributed by atoms with Gasteiger partial charge in [0.25, 0.3) is 0 Å². The van der Waals surface area contributed by atoms with Crippen molar-refractivity contribution in [2.24, 2.45) is 0 Å². The summed E-state index contributed by atoms with van der Waals surface area (Å²) in [6.07, 6.45) is 3.03. The number of carbonyl (C=O) groups excluding carboxylic acids is 1. The molecule has 3 heteroatoms. The van der Waals surface area contributed by atoms with E-state index in [1.54, 1.807) is 12.1 Å². The molecule has 1 aromatic rings. The highest BCUT2D eigenvalue weighted by molar-refractivity contribution is 6.03. The first kappa shape index (κ1) is 11.3. The molecule has 1 fully saturated rings. The van der Waals surface area contributed by atoms with Gasteiger partial charge in [0.2, 0.25) is 0 Å². The first-order valence-corrected chi connectivity index (χ1v) is 5.67. The summed E-state index contributed by atoms with van der Waals surface area (Å²) in [7, 11) is 0. The van der Waals surface area contributed by atoms with Gasteiger partial charge in [0.15, 0.2) is 5.78 Å². The van der Waals surface area contributed by atoms with E-state index < -0.39 is 5.54 Å². The minimum Gasteiger partial charge on any atom is -0.305 e. The van der Waals surface area contributed by atoms with E-state index in [4.69, 9.17) is 0 Å². The average Bonchev–Trinajstić information content (AvgIpc) is 2.30. The molecule has 0 amide bonds. The van der Waals surface area contributed by atoms with Gasteiger partial charge in [0, 0.05) is 5.56 Å². The molecular formula is C13H16FNO. The Hall–Kier alpha value is -1.22. The highest BCUT2D eigenvalue weighted by Crippen LogP contribution is 2.23. The number of hydrogen-bond donors (Lipinski definition) is 1. The van der Waals surface area contributed by atoms with E-state index in [1.165, 1.54) is 12.1 Å². The Morgan fingerprint density at radius 1 is 1.31 bits per heavy atom. The van der Waals surface area contributed by atoms with Gasteiger partial charge < -0.3 is 5.32 Å². The molecule has 0 radical (unpaired) electrons. The predicted octanol–water partition coefficient (Wildman–Crippen LogP) is 2.54. The molecule has 2 nitrogen and oxygen atoms in total. The highest BCUT2D eigenvalue weighted by atomic mass is 19.1. The third kappa shape index (κ3) is 2.14. The van der Waals surface area contributed by atoms with E-state index in [9.17, 15) is 9.18 Å². The lowest BCUT2D eigenvalue weighted by Crippen LogP contribution is -2.52. The number of carbonyl (C=O) groups is 1. The lowest BCUT2D eigenvalue weighted by molar-refractivity contribution is 0.0835. The lowest BCUT2D eigenvalue weighted by Gasteiger charge is -2.33. The quantitative estimate of drug-likeness (QED) is 0.777. The lowest BCUT2D eigenvalue weighted by atomic mass is 9.84. The summed E-state index contributed by atoms with van der Waals surface area (Å²) in [5.74, 6) is -0.245. The maximum atomic E-state index is 12.8. The van der Waals surface area contributed by atoms with Crippen molar-refractivity contribution in [3.8, 4) is 0 Å². The number of rotatable bonds is 2. The highest BCUT2D eigenvalue weighted by Gasteiger charge is 2.34. The summed E-state index contributed by atoms with van der Waals surface area (Å²) in [6, 6.07) is 5.78. The molecule has 1 atom stereocenters. The van der Waals surface area contributed by atoms with Gasteiger partial charge in [-0.3, -0.25) is 4.79 Å². The number of piperidine rings is 1. The molecule has 0 aliphatic carbocycles. The zero-order valence-corrected chi connectivity index (χ0v) is 9.42. The van der Waals surface area contributed by atoms with Gasteiger partial charge in [-0.1, -0.05) is 0 Å². The third-order valence-electron chi connectivity index (χ3n) is 3.23. The largest absolute Gasteiger partial charge is 0.305 e. The maximum absolute atomic E-state index is 12.8. The third-order valence-corrected chi connectivity index (χ3v) is 3.23. The van der Waals surface area contributed by atoms with Crippen LogP contribution in [0.3, 0.4) is 0 Å². The Morgan fingerprint density at radius 2 is 2.00 bits per heavy atom. The molecule has 1 aliphatic heterocycles. The molecule has 86 valence electrons. The van der Waals surface area contributed by atoms with Crippen LogP contribution in [0.15, 0.2) is 24.3 Å². The fourth-order valence-corrected chi connectivity index (χ4v) is 2.17. The molecule has 0 aromatic heterocycles. The van der Waals surface area contributed by atoms with Crippen molar-refractivity contribution in [2.45, 2.75) is 31.7 Å². The van der Waals surface area contributed by atoms with Crippen molar-refractivity contribution in [3.05, 3.63) is 35.6 Å². The standard InChI is InChI=1S/C13H16FNO/c1-13(8-2-3-9-15-13)12(16)10-4-6-11(14)7-5-10/h4-7,15H,2-3,8-9H2,1H3. The topological polar surface area (TPSA) is 29.1 Å². The van der Waals surface area contributed by atoms with Crippen molar-refractivity contribution in [3.63, 3.8) is 0 Å². The van der Waals surface area contributed by atoms with Crippen LogP contribution < -0.4 is 5.32 Å². The van der Waals surface area contributed by atoms with E-state index in [0.29, 0.717) is 5.56 Å². The number of Topliss-reactive ketones (excluding diaryl/α,β-unsaturated/α-hetero) is 1. The van der Waals surface area contributed by atoms with E-state index >= 15 is 0 Å². The summed E-state index contributed by atoms with van der Waals surface area (Å²) in [4.78, 5) is 12.2. The maximum Gasteiger partial charge on any atom is 0.182 e. The van der Waals surface area contributed by atoms with Crippen LogP contribution in [0.2, 0.25) is 0 Å². The molecule has 1 heterocycles. The molecule has 1 saturated heterocycles. The zero-order chi connectivity index (χ0) is 11.6. The average molecular weight is 221 g/mol. The first-order chi connectivity index (χ1) is 7.62. The van der Waals surface area contributed by atoms with Gasteiger partial charge in [0.05, 0.1) is 5.54 Å². The Balaban J connectivity index is 2.20. The number of halogens is 1. The van der Waals surface area contributed by atoms with E-state index in [1.807, 2.05) is 6.92 Å². The number of benzene rings is 1. The van der Waals surface area contributed by atoms with Crippen LogP contribution in [0.1, 0.15) is 36.5 Å². The summed E-state index contributed by atoms with van der Waals surface area (Å²) in [6.45, 7) is 2.81.